The van der Waals surface area contributed by atoms with Gasteiger partial charge in [-0.2, -0.15) is 0 Å². The van der Waals surface area contributed by atoms with Crippen molar-refractivity contribution < 1.29 is 22.5 Å². The first-order valence-corrected chi connectivity index (χ1v) is 9.24. The lowest BCUT2D eigenvalue weighted by atomic mass is 10.1. The van der Waals surface area contributed by atoms with E-state index in [4.69, 9.17) is 4.52 Å². The van der Waals surface area contributed by atoms with Crippen LogP contribution in [0.3, 0.4) is 0 Å². The van der Waals surface area contributed by atoms with E-state index in [-0.39, 0.29) is 41.9 Å². The number of benzene rings is 2. The molecule has 0 radical (unpaired) electrons. The van der Waals surface area contributed by atoms with Crippen LogP contribution in [-0.4, -0.2) is 20.6 Å². The molecule has 0 aliphatic heterocycles. The average Bonchev–Trinajstić information content (AvgIpc) is 3.17. The van der Waals surface area contributed by atoms with Gasteiger partial charge in [0.1, 0.15) is 34.9 Å². The third-order valence-corrected chi connectivity index (χ3v) is 4.61. The van der Waals surface area contributed by atoms with Crippen molar-refractivity contribution in [3.8, 4) is 11.3 Å². The van der Waals surface area contributed by atoms with E-state index in [2.05, 4.69) is 15.5 Å². The number of aryl methyl sites for hydroxylation is 1. The number of halogens is 3. The summed E-state index contributed by atoms with van der Waals surface area (Å²) in [6.07, 6.45) is 1.12. The molecule has 0 atom stereocenters. The van der Waals surface area contributed by atoms with Gasteiger partial charge in [0, 0.05) is 36.7 Å². The van der Waals surface area contributed by atoms with Crippen molar-refractivity contribution in [3.05, 3.63) is 82.2 Å². The Hall–Kier alpha value is -3.95. The molecule has 1 N–H and O–H groups in total. The molecule has 1 amide bonds. The molecule has 4 aromatic rings. The number of fused-ring (bicyclic) bond motifs is 1. The van der Waals surface area contributed by atoms with E-state index in [9.17, 15) is 22.8 Å². The van der Waals surface area contributed by atoms with Crippen LogP contribution in [0.25, 0.3) is 22.4 Å². The molecule has 0 saturated heterocycles. The maximum atomic E-state index is 13.6. The molecule has 7 nitrogen and oxygen atoms in total. The highest BCUT2D eigenvalue weighted by molar-refractivity contribution is 5.88. The van der Waals surface area contributed by atoms with Crippen molar-refractivity contribution in [1.82, 2.24) is 20.0 Å². The van der Waals surface area contributed by atoms with Crippen molar-refractivity contribution in [3.63, 3.8) is 0 Å². The molecule has 158 valence electrons. The van der Waals surface area contributed by atoms with Crippen LogP contribution in [0, 0.1) is 17.5 Å². The molecule has 0 unspecified atom stereocenters. The van der Waals surface area contributed by atoms with Crippen molar-refractivity contribution in [2.45, 2.75) is 19.5 Å². The van der Waals surface area contributed by atoms with Crippen LogP contribution in [0.5, 0.6) is 0 Å². The zero-order valence-electron chi connectivity index (χ0n) is 15.9. The molecule has 0 saturated carbocycles. The quantitative estimate of drug-likeness (QED) is 0.510. The van der Waals surface area contributed by atoms with E-state index in [1.165, 1.54) is 17.0 Å². The van der Waals surface area contributed by atoms with Gasteiger partial charge in [-0.3, -0.25) is 14.2 Å². The fourth-order valence-corrected chi connectivity index (χ4v) is 3.07. The smallest absolute Gasteiger partial charge is 0.266 e. The van der Waals surface area contributed by atoms with Crippen LogP contribution < -0.4 is 10.9 Å². The predicted octanol–water partition coefficient (Wildman–Crippen LogP) is 3.18. The number of aromatic nitrogens is 3. The van der Waals surface area contributed by atoms with E-state index in [0.717, 1.165) is 12.1 Å². The van der Waals surface area contributed by atoms with Crippen LogP contribution in [0.2, 0.25) is 0 Å². The number of carbonyl (C=O) groups is 1. The zero-order valence-corrected chi connectivity index (χ0v) is 15.9. The molecule has 0 aliphatic rings. The minimum absolute atomic E-state index is 0.0125. The lowest BCUT2D eigenvalue weighted by molar-refractivity contribution is -0.121. The van der Waals surface area contributed by atoms with Gasteiger partial charge in [-0.05, 0) is 18.2 Å². The molecule has 31 heavy (non-hydrogen) atoms. The van der Waals surface area contributed by atoms with E-state index in [1.807, 2.05) is 0 Å². The fourth-order valence-electron chi connectivity index (χ4n) is 3.07. The highest BCUT2D eigenvalue weighted by Crippen LogP contribution is 2.25. The van der Waals surface area contributed by atoms with Gasteiger partial charge in [0.25, 0.3) is 11.3 Å². The lowest BCUT2D eigenvalue weighted by Gasteiger charge is -2.08. The Bertz CT molecular complexity index is 1310. The number of nitrogens with zero attached hydrogens (tertiary/aromatic N) is 3. The molecular weight excluding hydrogens is 413 g/mol. The van der Waals surface area contributed by atoms with Crippen molar-refractivity contribution in [1.29, 1.82) is 0 Å². The Kier molecular flexibility index (Phi) is 5.52. The first-order chi connectivity index (χ1) is 14.9. The number of hydrogen-bond acceptors (Lipinski definition) is 5. The van der Waals surface area contributed by atoms with Gasteiger partial charge < -0.3 is 9.84 Å². The van der Waals surface area contributed by atoms with E-state index in [0.29, 0.717) is 11.6 Å². The SMILES string of the molecule is O=C(CCn1cnc2onc(-c3cc(F)cc(F)c3)c2c1=O)NCc1ccccc1F. The van der Waals surface area contributed by atoms with Crippen LogP contribution in [0.1, 0.15) is 12.0 Å². The molecule has 10 heteroatoms. The minimum atomic E-state index is -0.832. The van der Waals surface area contributed by atoms with Crippen molar-refractivity contribution in [2.24, 2.45) is 0 Å². The van der Waals surface area contributed by atoms with Crippen LogP contribution in [0.15, 0.2) is 58.1 Å². The van der Waals surface area contributed by atoms with Crippen LogP contribution in [-0.2, 0) is 17.9 Å². The molecule has 0 fully saturated rings. The number of amides is 1. The third kappa shape index (κ3) is 4.32. The normalized spacial score (nSPS) is 11.1. The molecule has 0 aliphatic carbocycles. The number of rotatable bonds is 6. The summed E-state index contributed by atoms with van der Waals surface area (Å²) in [7, 11) is 0. The van der Waals surface area contributed by atoms with Crippen molar-refractivity contribution >= 4 is 17.0 Å². The predicted molar refractivity (Wildman–Crippen MR) is 104 cm³/mol. The summed E-state index contributed by atoms with van der Waals surface area (Å²) in [6.45, 7) is -0.00830. The number of nitrogens with one attached hydrogen (secondary N) is 1. The van der Waals surface area contributed by atoms with Gasteiger partial charge in [-0.1, -0.05) is 23.4 Å². The molecule has 0 bridgehead atoms. The van der Waals surface area contributed by atoms with Gasteiger partial charge >= 0.3 is 0 Å². The van der Waals surface area contributed by atoms with E-state index in [1.54, 1.807) is 18.2 Å². The molecule has 2 aromatic carbocycles. The van der Waals surface area contributed by atoms with E-state index < -0.39 is 28.9 Å². The van der Waals surface area contributed by atoms with E-state index >= 15 is 0 Å². The third-order valence-electron chi connectivity index (χ3n) is 4.61. The number of carbonyl (C=O) groups excluding carboxylic acids is 1. The fraction of sp³-hybridized carbons (Fsp3) is 0.143. The second-order valence-electron chi connectivity index (χ2n) is 6.73. The molecule has 0 spiro atoms. The molecular formula is C21H15F3N4O3. The summed E-state index contributed by atoms with van der Waals surface area (Å²) in [6, 6.07) is 8.80. The van der Waals surface area contributed by atoms with Gasteiger partial charge in [0.15, 0.2) is 0 Å². The monoisotopic (exact) mass is 428 g/mol. The summed E-state index contributed by atoms with van der Waals surface area (Å²) in [5.74, 6) is -2.49. The zero-order chi connectivity index (χ0) is 22.0. The Morgan fingerprint density at radius 3 is 2.58 bits per heavy atom. The molecule has 2 aromatic heterocycles. The second kappa shape index (κ2) is 8.42. The van der Waals surface area contributed by atoms with Crippen LogP contribution >= 0.6 is 0 Å². The van der Waals surface area contributed by atoms with Gasteiger partial charge in [0.05, 0.1) is 0 Å². The van der Waals surface area contributed by atoms with Gasteiger partial charge in [0.2, 0.25) is 5.91 Å². The Morgan fingerprint density at radius 1 is 1.10 bits per heavy atom. The molecule has 4 rings (SSSR count). The summed E-state index contributed by atoms with van der Waals surface area (Å²) in [5, 5.41) is 6.24. The summed E-state index contributed by atoms with van der Waals surface area (Å²) in [4.78, 5) is 28.9. The highest BCUT2D eigenvalue weighted by Gasteiger charge is 2.18. The Balaban J connectivity index is 1.52. The molecule has 2 heterocycles. The Morgan fingerprint density at radius 2 is 1.84 bits per heavy atom. The van der Waals surface area contributed by atoms with Gasteiger partial charge in [-0.15, -0.1) is 0 Å². The maximum Gasteiger partial charge on any atom is 0.266 e. The highest BCUT2D eigenvalue weighted by atomic mass is 19.1. The summed E-state index contributed by atoms with van der Waals surface area (Å²) < 4.78 is 46.9. The minimum Gasteiger partial charge on any atom is -0.352 e. The first kappa shape index (κ1) is 20.3. The largest absolute Gasteiger partial charge is 0.352 e. The van der Waals surface area contributed by atoms with Crippen LogP contribution in [0.4, 0.5) is 13.2 Å². The first-order valence-electron chi connectivity index (χ1n) is 9.24. The van der Waals surface area contributed by atoms with Gasteiger partial charge in [-0.25, -0.2) is 18.2 Å². The summed E-state index contributed by atoms with van der Waals surface area (Å²) >= 11 is 0. The second-order valence-corrected chi connectivity index (χ2v) is 6.73. The lowest BCUT2D eigenvalue weighted by Crippen LogP contribution is -2.27. The Labute approximate surface area is 173 Å². The number of hydrogen-bond donors (Lipinski definition) is 1. The average molecular weight is 428 g/mol. The van der Waals surface area contributed by atoms with Crippen molar-refractivity contribution in [2.75, 3.05) is 0 Å². The standard InChI is InChI=1S/C21H15F3N4O3/c22-14-7-13(8-15(23)9-14)19-18-20(31-27-19)26-11-28(21(18)30)6-5-17(29)25-10-12-3-1-2-4-16(12)24/h1-4,7-9,11H,5-6,10H2,(H,25,29). The summed E-state index contributed by atoms with van der Waals surface area (Å²) in [5.41, 5.74) is -0.356. The maximum absolute atomic E-state index is 13.6. The topological polar surface area (TPSA) is 90.0 Å².